The Labute approximate surface area is 139 Å². The minimum atomic E-state index is -0.476. The number of benzene rings is 1. The van der Waals surface area contributed by atoms with Crippen molar-refractivity contribution in [2.24, 2.45) is 35.5 Å². The summed E-state index contributed by atoms with van der Waals surface area (Å²) in [5.74, 6) is 0.421. The molecule has 1 aliphatic heterocycles. The Morgan fingerprint density at radius 3 is 2.29 bits per heavy atom. The summed E-state index contributed by atoms with van der Waals surface area (Å²) in [7, 11) is 1.31. The van der Waals surface area contributed by atoms with E-state index in [0.717, 1.165) is 6.42 Å². The Hall–Kier alpha value is -2.43. The van der Waals surface area contributed by atoms with Gasteiger partial charge in [-0.05, 0) is 48.3 Å². The van der Waals surface area contributed by atoms with Gasteiger partial charge in [-0.1, -0.05) is 18.2 Å². The van der Waals surface area contributed by atoms with E-state index in [4.69, 9.17) is 4.74 Å². The van der Waals surface area contributed by atoms with E-state index in [1.807, 2.05) is 0 Å². The van der Waals surface area contributed by atoms with Crippen LogP contribution in [0.3, 0.4) is 0 Å². The lowest BCUT2D eigenvalue weighted by atomic mass is 9.63. The highest BCUT2D eigenvalue weighted by Crippen LogP contribution is 2.65. The molecule has 0 unspecified atom stereocenters. The first-order valence-corrected chi connectivity index (χ1v) is 8.36. The zero-order valence-electron chi connectivity index (χ0n) is 13.2. The van der Waals surface area contributed by atoms with Crippen molar-refractivity contribution in [1.29, 1.82) is 0 Å². The van der Waals surface area contributed by atoms with Crippen LogP contribution in [0.2, 0.25) is 0 Å². The first kappa shape index (κ1) is 14.0. The number of rotatable bonds is 2. The zero-order chi connectivity index (χ0) is 16.6. The summed E-state index contributed by atoms with van der Waals surface area (Å²) < 4.78 is 4.73. The maximum absolute atomic E-state index is 13.0. The SMILES string of the molecule is COC(=O)c1cccc(N2C(=O)[C@@H]3[C@@H]4C=C[C@H]([C@@H]5C[C@H]45)[C@@H]3C2=O)c1. The molecule has 6 rings (SSSR count). The predicted molar refractivity (Wildman–Crippen MR) is 85.0 cm³/mol. The fourth-order valence-corrected chi connectivity index (χ4v) is 5.10. The maximum Gasteiger partial charge on any atom is 0.337 e. The fourth-order valence-electron chi connectivity index (χ4n) is 5.10. The number of nitrogens with zero attached hydrogens (tertiary/aromatic N) is 1. The molecule has 0 N–H and O–H groups in total. The topological polar surface area (TPSA) is 63.7 Å². The second-order valence-corrected chi connectivity index (χ2v) is 7.21. The van der Waals surface area contributed by atoms with Crippen molar-refractivity contribution >= 4 is 23.5 Å². The normalized spacial score (nSPS) is 38.1. The van der Waals surface area contributed by atoms with Gasteiger partial charge < -0.3 is 4.74 Å². The van der Waals surface area contributed by atoms with Crippen LogP contribution >= 0.6 is 0 Å². The van der Waals surface area contributed by atoms with Crippen LogP contribution in [-0.2, 0) is 14.3 Å². The molecule has 3 fully saturated rings. The van der Waals surface area contributed by atoms with Crippen molar-refractivity contribution < 1.29 is 19.1 Å². The highest BCUT2D eigenvalue weighted by atomic mass is 16.5. The van der Waals surface area contributed by atoms with E-state index in [1.54, 1.807) is 24.3 Å². The summed E-state index contributed by atoms with van der Waals surface area (Å²) in [5, 5.41) is 0. The first-order valence-electron chi connectivity index (χ1n) is 8.36. The summed E-state index contributed by atoms with van der Waals surface area (Å²) in [5.41, 5.74) is 0.810. The molecule has 122 valence electrons. The predicted octanol–water partition coefficient (Wildman–Crippen LogP) is 2.03. The number of imide groups is 1. The number of esters is 1. The van der Waals surface area contributed by atoms with Crippen LogP contribution in [0.1, 0.15) is 16.8 Å². The minimum absolute atomic E-state index is 0.114. The lowest BCUT2D eigenvalue weighted by Crippen LogP contribution is -2.40. The van der Waals surface area contributed by atoms with Crippen molar-refractivity contribution in [3.63, 3.8) is 0 Å². The van der Waals surface area contributed by atoms with Crippen LogP contribution < -0.4 is 4.90 Å². The van der Waals surface area contributed by atoms with Crippen LogP contribution in [0.5, 0.6) is 0 Å². The average Bonchev–Trinajstić information content (AvgIpc) is 3.38. The van der Waals surface area contributed by atoms with Crippen LogP contribution in [0, 0.1) is 35.5 Å². The summed E-state index contributed by atoms with van der Waals surface area (Å²) >= 11 is 0. The molecule has 2 amide bonds. The second-order valence-electron chi connectivity index (χ2n) is 7.21. The van der Waals surface area contributed by atoms with E-state index in [2.05, 4.69) is 12.2 Å². The molecule has 0 aromatic heterocycles. The average molecular weight is 323 g/mol. The number of methoxy groups -OCH3 is 1. The van der Waals surface area contributed by atoms with E-state index < -0.39 is 5.97 Å². The molecular weight excluding hydrogens is 306 g/mol. The minimum Gasteiger partial charge on any atom is -0.465 e. The third kappa shape index (κ3) is 1.62. The van der Waals surface area contributed by atoms with Gasteiger partial charge in [-0.15, -0.1) is 0 Å². The molecule has 4 aliphatic carbocycles. The summed E-state index contributed by atoms with van der Waals surface area (Å²) in [6.45, 7) is 0. The van der Waals surface area contributed by atoms with E-state index in [1.165, 1.54) is 12.0 Å². The number of ether oxygens (including phenoxy) is 1. The third-order valence-electron chi connectivity index (χ3n) is 6.19. The zero-order valence-corrected chi connectivity index (χ0v) is 13.2. The number of amides is 2. The second kappa shape index (κ2) is 4.56. The largest absolute Gasteiger partial charge is 0.465 e. The highest BCUT2D eigenvalue weighted by Gasteiger charge is 2.67. The van der Waals surface area contributed by atoms with Crippen molar-refractivity contribution in [2.75, 3.05) is 12.0 Å². The van der Waals surface area contributed by atoms with Gasteiger partial charge in [0.1, 0.15) is 0 Å². The summed E-state index contributed by atoms with van der Waals surface area (Å²) in [6.07, 6.45) is 5.45. The molecule has 5 nitrogen and oxygen atoms in total. The molecule has 24 heavy (non-hydrogen) atoms. The van der Waals surface area contributed by atoms with Gasteiger partial charge in [0.25, 0.3) is 0 Å². The lowest BCUT2D eigenvalue weighted by molar-refractivity contribution is -0.124. The number of allylic oxidation sites excluding steroid dienone is 2. The fraction of sp³-hybridized carbons (Fsp3) is 0.421. The van der Waals surface area contributed by atoms with Gasteiger partial charge in [-0.25, -0.2) is 9.69 Å². The molecule has 1 saturated heterocycles. The Morgan fingerprint density at radius 1 is 1.08 bits per heavy atom. The molecule has 0 spiro atoms. The molecule has 5 heteroatoms. The van der Waals surface area contributed by atoms with Gasteiger partial charge in [0, 0.05) is 0 Å². The van der Waals surface area contributed by atoms with Gasteiger partial charge in [-0.3, -0.25) is 9.59 Å². The molecule has 1 heterocycles. The lowest BCUT2D eigenvalue weighted by Gasteiger charge is -2.37. The highest BCUT2D eigenvalue weighted by molar-refractivity contribution is 6.22. The van der Waals surface area contributed by atoms with Crippen molar-refractivity contribution in [3.8, 4) is 0 Å². The standard InChI is InChI=1S/C19H17NO4/c1-24-19(23)9-3-2-4-10(7-9)20-17(21)15-11-5-6-12(14-8-13(11)14)16(15)18(20)22/h2-7,11-16H,8H2,1H3/t11-,12-,13-,14+,15-,16+/m1/s1. The van der Waals surface area contributed by atoms with Crippen molar-refractivity contribution in [3.05, 3.63) is 42.0 Å². The van der Waals surface area contributed by atoms with Gasteiger partial charge >= 0.3 is 5.97 Å². The summed E-state index contributed by atoms with van der Waals surface area (Å²) in [6, 6.07) is 6.56. The van der Waals surface area contributed by atoms with E-state index in [0.29, 0.717) is 23.1 Å². The van der Waals surface area contributed by atoms with Crippen molar-refractivity contribution in [1.82, 2.24) is 0 Å². The molecule has 1 aromatic carbocycles. The smallest absolute Gasteiger partial charge is 0.337 e. The molecule has 6 atom stereocenters. The Balaban J connectivity index is 1.54. The number of hydrogen-bond acceptors (Lipinski definition) is 4. The van der Waals surface area contributed by atoms with E-state index in [9.17, 15) is 14.4 Å². The Bertz CT molecular complexity index is 777. The quantitative estimate of drug-likeness (QED) is 0.475. The van der Waals surface area contributed by atoms with E-state index in [-0.39, 0.29) is 35.5 Å². The molecule has 2 bridgehead atoms. The number of anilines is 1. The molecular formula is C19H17NO4. The van der Waals surface area contributed by atoms with Crippen LogP contribution in [0.15, 0.2) is 36.4 Å². The number of carbonyl (C=O) groups is 3. The molecule has 5 aliphatic rings. The van der Waals surface area contributed by atoms with Crippen LogP contribution in [-0.4, -0.2) is 24.9 Å². The molecule has 2 saturated carbocycles. The number of carbonyl (C=O) groups excluding carboxylic acids is 3. The Kier molecular flexibility index (Phi) is 2.65. The third-order valence-corrected chi connectivity index (χ3v) is 6.19. The summed E-state index contributed by atoms with van der Waals surface area (Å²) in [4.78, 5) is 39.0. The maximum atomic E-state index is 13.0. The molecule has 1 aromatic rings. The van der Waals surface area contributed by atoms with Gasteiger partial charge in [-0.2, -0.15) is 0 Å². The van der Waals surface area contributed by atoms with E-state index >= 15 is 0 Å². The van der Waals surface area contributed by atoms with Crippen LogP contribution in [0.25, 0.3) is 0 Å². The molecule has 0 radical (unpaired) electrons. The van der Waals surface area contributed by atoms with Crippen molar-refractivity contribution in [2.45, 2.75) is 6.42 Å². The van der Waals surface area contributed by atoms with Crippen LogP contribution in [0.4, 0.5) is 5.69 Å². The Morgan fingerprint density at radius 2 is 1.71 bits per heavy atom. The first-order chi connectivity index (χ1) is 11.6. The number of hydrogen-bond donors (Lipinski definition) is 0. The van der Waals surface area contributed by atoms with Gasteiger partial charge in [0.15, 0.2) is 0 Å². The van der Waals surface area contributed by atoms with Gasteiger partial charge in [0.05, 0.1) is 30.2 Å². The monoisotopic (exact) mass is 323 g/mol. The van der Waals surface area contributed by atoms with Gasteiger partial charge in [0.2, 0.25) is 11.8 Å².